The summed E-state index contributed by atoms with van der Waals surface area (Å²) >= 11 is 0. The zero-order valence-corrected chi connectivity index (χ0v) is 25.3. The molecule has 0 aliphatic carbocycles. The van der Waals surface area contributed by atoms with Crippen molar-refractivity contribution in [2.75, 3.05) is 11.0 Å². The molecule has 0 bridgehead atoms. The van der Waals surface area contributed by atoms with E-state index < -0.39 is 15.7 Å². The molecule has 1 unspecified atom stereocenters. The standard InChI is InChI=1S/C34H41NO3S/c1-22-20-23(2)25(4)33(24(22)3)39(8,37)35-31-19-18-28(27-16-12-13-17-29(27)31)30(26-14-10-9-11-15-26)21-32(36)38-34(5,6)7/h9-20,30,39H,21H2,1-8H3,(H,35,37). The quantitative estimate of drug-likeness (QED) is 0.184. The van der Waals surface area contributed by atoms with Crippen LogP contribution in [0.15, 0.2) is 77.7 Å². The first kappa shape index (κ1) is 28.6. The molecule has 4 rings (SSSR count). The van der Waals surface area contributed by atoms with E-state index in [1.807, 2.05) is 63.4 Å². The van der Waals surface area contributed by atoms with Gasteiger partial charge in [-0.1, -0.05) is 66.7 Å². The molecule has 206 valence electrons. The fourth-order valence-electron chi connectivity index (χ4n) is 5.49. The Bertz CT molecular complexity index is 1540. The van der Waals surface area contributed by atoms with Crippen LogP contribution in [0, 0.1) is 27.7 Å². The summed E-state index contributed by atoms with van der Waals surface area (Å²) in [7, 11) is -2.97. The van der Waals surface area contributed by atoms with Crippen molar-refractivity contribution in [3.05, 3.63) is 106 Å². The predicted molar refractivity (Wildman–Crippen MR) is 165 cm³/mol. The number of hydrogen-bond acceptors (Lipinski definition) is 3. The Morgan fingerprint density at radius 1 is 0.846 bits per heavy atom. The van der Waals surface area contributed by atoms with Crippen molar-refractivity contribution in [3.63, 3.8) is 0 Å². The molecule has 0 saturated heterocycles. The smallest absolute Gasteiger partial charge is 0.307 e. The highest BCUT2D eigenvalue weighted by Crippen LogP contribution is 2.39. The van der Waals surface area contributed by atoms with E-state index in [9.17, 15) is 9.00 Å². The Morgan fingerprint density at radius 3 is 2.00 bits per heavy atom. The Hall–Kier alpha value is -3.44. The third-order valence-electron chi connectivity index (χ3n) is 7.41. The predicted octanol–water partition coefficient (Wildman–Crippen LogP) is 7.97. The van der Waals surface area contributed by atoms with E-state index in [0.29, 0.717) is 0 Å². The van der Waals surface area contributed by atoms with E-state index in [1.54, 1.807) is 0 Å². The number of ether oxygens (including phenoxy) is 1. The lowest BCUT2D eigenvalue weighted by Crippen LogP contribution is -2.25. The molecule has 0 amide bonds. The number of fused-ring (bicyclic) bond motifs is 1. The first-order chi connectivity index (χ1) is 18.3. The van der Waals surface area contributed by atoms with Crippen molar-refractivity contribution in [1.82, 2.24) is 0 Å². The maximum absolute atomic E-state index is 14.3. The molecule has 1 atom stereocenters. The highest BCUT2D eigenvalue weighted by atomic mass is 32.3. The summed E-state index contributed by atoms with van der Waals surface area (Å²) in [4.78, 5) is 13.9. The largest absolute Gasteiger partial charge is 0.460 e. The van der Waals surface area contributed by atoms with E-state index in [-0.39, 0.29) is 18.3 Å². The second kappa shape index (κ2) is 11.0. The lowest BCUT2D eigenvalue weighted by atomic mass is 9.85. The Morgan fingerprint density at radius 2 is 1.41 bits per heavy atom. The second-order valence-corrected chi connectivity index (χ2v) is 14.2. The molecular formula is C34H41NO3S. The van der Waals surface area contributed by atoms with Gasteiger partial charge in [0.15, 0.2) is 0 Å². The normalized spacial score (nSPS) is 13.2. The molecule has 39 heavy (non-hydrogen) atoms. The minimum Gasteiger partial charge on any atom is -0.460 e. The number of benzene rings is 4. The van der Waals surface area contributed by atoms with Crippen molar-refractivity contribution >= 4 is 32.5 Å². The molecule has 4 nitrogen and oxygen atoms in total. The number of nitrogens with one attached hydrogen (secondary N) is 1. The Balaban J connectivity index is 1.81. The SMILES string of the molecule is Cc1cc(C)c(C)c([SH](C)(=O)Nc2ccc(C(CC(=O)OC(C)(C)C)c3ccccc3)c3ccccc23)c1C. The van der Waals surface area contributed by atoms with E-state index in [4.69, 9.17) is 4.74 Å². The molecule has 5 heteroatoms. The molecule has 0 aliphatic rings. The van der Waals surface area contributed by atoms with Gasteiger partial charge in [-0.3, -0.25) is 9.00 Å². The first-order valence-corrected chi connectivity index (χ1v) is 15.7. The van der Waals surface area contributed by atoms with Crippen LogP contribution in [0.5, 0.6) is 0 Å². The first-order valence-electron chi connectivity index (χ1n) is 13.5. The van der Waals surface area contributed by atoms with Gasteiger partial charge in [0.25, 0.3) is 0 Å². The molecule has 4 aromatic rings. The van der Waals surface area contributed by atoms with Crippen LogP contribution in [-0.2, 0) is 19.7 Å². The topological polar surface area (TPSA) is 55.4 Å². The third kappa shape index (κ3) is 6.25. The molecule has 0 heterocycles. The maximum atomic E-state index is 14.3. The summed E-state index contributed by atoms with van der Waals surface area (Å²) in [6.45, 7) is 13.9. The monoisotopic (exact) mass is 543 g/mol. The van der Waals surface area contributed by atoms with Crippen molar-refractivity contribution in [2.45, 2.75) is 71.3 Å². The summed E-state index contributed by atoms with van der Waals surface area (Å²) in [6.07, 6.45) is 2.05. The van der Waals surface area contributed by atoms with Gasteiger partial charge in [0.1, 0.15) is 5.60 Å². The van der Waals surface area contributed by atoms with Crippen LogP contribution in [0.4, 0.5) is 5.69 Å². The number of esters is 1. The van der Waals surface area contributed by atoms with Gasteiger partial charge in [-0.15, -0.1) is 0 Å². The molecule has 0 aliphatic heterocycles. The molecule has 1 N–H and O–H groups in total. The molecule has 0 fully saturated rings. The lowest BCUT2D eigenvalue weighted by molar-refractivity contribution is -0.155. The van der Waals surface area contributed by atoms with Gasteiger partial charge in [-0.2, -0.15) is 0 Å². The summed E-state index contributed by atoms with van der Waals surface area (Å²) in [5.74, 6) is -0.418. The molecular weight excluding hydrogens is 502 g/mol. The number of aryl methyl sites for hydroxylation is 2. The molecule has 0 spiro atoms. The summed E-state index contributed by atoms with van der Waals surface area (Å²) in [5, 5.41) is 2.00. The molecule has 0 radical (unpaired) electrons. The van der Waals surface area contributed by atoms with Crippen molar-refractivity contribution in [2.24, 2.45) is 0 Å². The zero-order chi connectivity index (χ0) is 28.5. The van der Waals surface area contributed by atoms with E-state index in [1.165, 1.54) is 0 Å². The highest BCUT2D eigenvalue weighted by Gasteiger charge is 2.26. The third-order valence-corrected chi connectivity index (χ3v) is 9.60. The van der Waals surface area contributed by atoms with Crippen molar-refractivity contribution in [1.29, 1.82) is 0 Å². The van der Waals surface area contributed by atoms with E-state index in [0.717, 1.165) is 54.7 Å². The van der Waals surface area contributed by atoms with Gasteiger partial charge in [0.05, 0.1) is 12.1 Å². The fourth-order valence-corrected chi connectivity index (χ4v) is 7.89. The summed E-state index contributed by atoms with van der Waals surface area (Å²) < 4.78 is 23.5. The van der Waals surface area contributed by atoms with Gasteiger partial charge in [-0.25, -0.2) is 0 Å². The van der Waals surface area contributed by atoms with Gasteiger partial charge in [0, 0.05) is 22.5 Å². The van der Waals surface area contributed by atoms with Crippen molar-refractivity contribution < 1.29 is 13.7 Å². The minimum atomic E-state index is -2.97. The minimum absolute atomic E-state index is 0.183. The number of thiol groups is 1. The number of hydrogen-bond donors (Lipinski definition) is 2. The van der Waals surface area contributed by atoms with E-state index in [2.05, 4.69) is 68.8 Å². The van der Waals surface area contributed by atoms with Crippen LogP contribution < -0.4 is 4.72 Å². The van der Waals surface area contributed by atoms with Gasteiger partial charge < -0.3 is 9.46 Å². The number of carbonyl (C=O) groups is 1. The number of carbonyl (C=O) groups excluding carboxylic acids is 1. The van der Waals surface area contributed by atoms with Crippen LogP contribution in [0.2, 0.25) is 0 Å². The molecule has 4 aromatic carbocycles. The fraction of sp³-hybridized carbons (Fsp3) is 0.324. The molecule has 0 saturated carbocycles. The van der Waals surface area contributed by atoms with Gasteiger partial charge in [0.2, 0.25) is 0 Å². The Labute approximate surface area is 234 Å². The van der Waals surface area contributed by atoms with Crippen LogP contribution in [0.3, 0.4) is 0 Å². The number of anilines is 1. The molecule has 0 aromatic heterocycles. The van der Waals surface area contributed by atoms with Crippen LogP contribution in [0.1, 0.15) is 66.5 Å². The second-order valence-electron chi connectivity index (χ2n) is 11.6. The van der Waals surface area contributed by atoms with Gasteiger partial charge in [-0.05, 0) is 103 Å². The highest BCUT2D eigenvalue weighted by molar-refractivity contribution is 8.03. The lowest BCUT2D eigenvalue weighted by Gasteiger charge is -2.29. The Kier molecular flexibility index (Phi) is 8.04. The van der Waals surface area contributed by atoms with Crippen LogP contribution >= 0.6 is 0 Å². The van der Waals surface area contributed by atoms with Gasteiger partial charge >= 0.3 is 5.97 Å². The average molecular weight is 544 g/mol. The zero-order valence-electron chi connectivity index (χ0n) is 24.4. The maximum Gasteiger partial charge on any atom is 0.307 e. The summed E-state index contributed by atoms with van der Waals surface area (Å²) in [5.41, 5.74) is 6.78. The van der Waals surface area contributed by atoms with E-state index >= 15 is 0 Å². The average Bonchev–Trinajstić information content (AvgIpc) is 2.86. The van der Waals surface area contributed by atoms with Crippen LogP contribution in [0.25, 0.3) is 10.8 Å². The van der Waals surface area contributed by atoms with Crippen molar-refractivity contribution in [3.8, 4) is 0 Å². The summed E-state index contributed by atoms with van der Waals surface area (Å²) in [6, 6.07) is 24.5. The van der Waals surface area contributed by atoms with Crippen LogP contribution in [-0.4, -0.2) is 22.0 Å². The number of rotatable bonds is 7.